The van der Waals surface area contributed by atoms with E-state index in [9.17, 15) is 9.59 Å². The van der Waals surface area contributed by atoms with Gasteiger partial charge in [0.2, 0.25) is 5.91 Å². The molecule has 4 rings (SSSR count). The van der Waals surface area contributed by atoms with Crippen molar-refractivity contribution in [2.24, 2.45) is 0 Å². The third kappa shape index (κ3) is 4.30. The second-order valence-electron chi connectivity index (χ2n) is 7.51. The number of nitrogens with zero attached hydrogens (tertiary/aromatic N) is 3. The molecule has 2 aromatic carbocycles. The highest BCUT2D eigenvalue weighted by atomic mass is 79.9. The lowest BCUT2D eigenvalue weighted by molar-refractivity contribution is -0.132. The maximum Gasteiger partial charge on any atom is 0.261 e. The first-order chi connectivity index (χ1) is 15.0. The first-order valence-corrected chi connectivity index (χ1v) is 11.0. The molecular formula is C23H24BrN3O4. The number of aromatic nitrogens is 2. The number of aryl methyl sites for hydroxylation is 1. The van der Waals surface area contributed by atoms with E-state index < -0.39 is 0 Å². The van der Waals surface area contributed by atoms with Crippen LogP contribution in [0.15, 0.2) is 52.0 Å². The molecule has 2 heterocycles. The number of hydrogen-bond acceptors (Lipinski definition) is 5. The Labute approximate surface area is 188 Å². The van der Waals surface area contributed by atoms with Crippen LogP contribution in [0.25, 0.3) is 10.9 Å². The first-order valence-electron chi connectivity index (χ1n) is 10.2. The fourth-order valence-corrected chi connectivity index (χ4v) is 4.48. The van der Waals surface area contributed by atoms with Gasteiger partial charge in [0.15, 0.2) is 11.5 Å². The number of amides is 1. The quantitative estimate of drug-likeness (QED) is 0.528. The van der Waals surface area contributed by atoms with Gasteiger partial charge in [0.1, 0.15) is 0 Å². The molecule has 0 aliphatic carbocycles. The van der Waals surface area contributed by atoms with Gasteiger partial charge in [0.25, 0.3) is 5.56 Å². The topological polar surface area (TPSA) is 73.7 Å². The van der Waals surface area contributed by atoms with Crippen molar-refractivity contribution in [3.8, 4) is 11.5 Å². The molecule has 7 nitrogen and oxygen atoms in total. The number of likely N-dealkylation sites (tertiary alicyclic amines) is 1. The van der Waals surface area contributed by atoms with Gasteiger partial charge in [-0.3, -0.25) is 14.2 Å². The van der Waals surface area contributed by atoms with Crippen LogP contribution in [-0.2, 0) is 11.3 Å². The van der Waals surface area contributed by atoms with Crippen molar-refractivity contribution < 1.29 is 14.3 Å². The van der Waals surface area contributed by atoms with Gasteiger partial charge in [0, 0.05) is 24.0 Å². The Morgan fingerprint density at radius 1 is 1.16 bits per heavy atom. The molecule has 1 unspecified atom stereocenters. The van der Waals surface area contributed by atoms with Crippen molar-refractivity contribution in [2.75, 3.05) is 20.8 Å². The molecule has 1 fully saturated rings. The number of fused-ring (bicyclic) bond motifs is 1. The number of benzene rings is 2. The van der Waals surface area contributed by atoms with Gasteiger partial charge in [-0.2, -0.15) is 0 Å². The summed E-state index contributed by atoms with van der Waals surface area (Å²) in [6.45, 7) is 0.998. The van der Waals surface area contributed by atoms with Gasteiger partial charge in [0.05, 0.1) is 37.5 Å². The minimum atomic E-state index is -0.142. The molecule has 3 aromatic rings. The van der Waals surface area contributed by atoms with Crippen LogP contribution in [0.5, 0.6) is 11.5 Å². The molecule has 1 amide bonds. The summed E-state index contributed by atoms with van der Waals surface area (Å²) in [5, 5.41) is 0.536. The Morgan fingerprint density at radius 3 is 2.74 bits per heavy atom. The van der Waals surface area contributed by atoms with Gasteiger partial charge in [-0.05, 0) is 48.7 Å². The third-order valence-electron chi connectivity index (χ3n) is 5.72. The molecule has 0 spiro atoms. The minimum Gasteiger partial charge on any atom is -0.493 e. The highest BCUT2D eigenvalue weighted by Gasteiger charge is 2.30. The van der Waals surface area contributed by atoms with E-state index in [1.807, 2.05) is 29.2 Å². The molecule has 1 saturated heterocycles. The number of methoxy groups -OCH3 is 2. The Kier molecular flexibility index (Phi) is 6.27. The van der Waals surface area contributed by atoms with Crippen molar-refractivity contribution in [3.05, 3.63) is 63.1 Å². The predicted molar refractivity (Wildman–Crippen MR) is 122 cm³/mol. The van der Waals surface area contributed by atoms with E-state index in [2.05, 4.69) is 20.9 Å². The fourth-order valence-electron chi connectivity index (χ4n) is 4.12. The Hall–Kier alpha value is -2.87. The van der Waals surface area contributed by atoms with E-state index in [1.54, 1.807) is 26.4 Å². The molecule has 1 aliphatic rings. The summed E-state index contributed by atoms with van der Waals surface area (Å²) in [5.74, 6) is 1.34. The molecule has 1 aliphatic heterocycles. The van der Waals surface area contributed by atoms with Crippen molar-refractivity contribution in [1.29, 1.82) is 0 Å². The van der Waals surface area contributed by atoms with Crippen molar-refractivity contribution in [1.82, 2.24) is 14.5 Å². The molecular weight excluding hydrogens is 462 g/mol. The zero-order chi connectivity index (χ0) is 22.0. The van der Waals surface area contributed by atoms with E-state index in [-0.39, 0.29) is 23.9 Å². The summed E-state index contributed by atoms with van der Waals surface area (Å²) < 4.78 is 13.1. The molecule has 1 aromatic heterocycles. The van der Waals surface area contributed by atoms with Crippen LogP contribution in [-0.4, -0.2) is 41.1 Å². The van der Waals surface area contributed by atoms with Gasteiger partial charge < -0.3 is 14.4 Å². The van der Waals surface area contributed by atoms with Crippen LogP contribution in [0.4, 0.5) is 0 Å². The maximum absolute atomic E-state index is 13.0. The van der Waals surface area contributed by atoms with Gasteiger partial charge in [-0.15, -0.1) is 0 Å². The Balaban J connectivity index is 1.50. The lowest BCUT2D eigenvalue weighted by atomic mass is 10.0. The second kappa shape index (κ2) is 9.09. The molecule has 0 bridgehead atoms. The predicted octanol–water partition coefficient (Wildman–Crippen LogP) is 3.93. The monoisotopic (exact) mass is 485 g/mol. The van der Waals surface area contributed by atoms with E-state index in [1.165, 1.54) is 10.9 Å². The standard InChI is InChI=1S/C23H24BrN3O4/c1-30-20-8-5-15(12-21(20)31-2)19-4-3-10-27(19)22(28)9-11-26-14-25-18-7-6-16(24)13-17(18)23(26)29/h5-8,12-14,19H,3-4,9-11H2,1-2H3. The summed E-state index contributed by atoms with van der Waals surface area (Å²) in [6.07, 6.45) is 3.59. The first kappa shape index (κ1) is 21.4. The number of hydrogen-bond donors (Lipinski definition) is 0. The number of carbonyl (C=O) groups is 1. The molecule has 0 radical (unpaired) electrons. The van der Waals surface area contributed by atoms with Crippen LogP contribution < -0.4 is 15.0 Å². The molecule has 0 saturated carbocycles. The normalized spacial score (nSPS) is 16.0. The van der Waals surface area contributed by atoms with Gasteiger partial charge in [-0.25, -0.2) is 4.98 Å². The van der Waals surface area contributed by atoms with E-state index in [0.29, 0.717) is 35.5 Å². The molecule has 31 heavy (non-hydrogen) atoms. The SMILES string of the molecule is COc1ccc(C2CCCN2C(=O)CCn2cnc3ccc(Br)cc3c2=O)cc1OC. The number of rotatable bonds is 6. The zero-order valence-corrected chi connectivity index (χ0v) is 19.1. The van der Waals surface area contributed by atoms with Crippen LogP contribution in [0.1, 0.15) is 30.9 Å². The lowest BCUT2D eigenvalue weighted by Gasteiger charge is -2.26. The van der Waals surface area contributed by atoms with E-state index in [0.717, 1.165) is 22.9 Å². The second-order valence-corrected chi connectivity index (χ2v) is 8.43. The molecule has 1 atom stereocenters. The summed E-state index contributed by atoms with van der Waals surface area (Å²) in [4.78, 5) is 32.1. The van der Waals surface area contributed by atoms with E-state index in [4.69, 9.17) is 9.47 Å². The molecule has 0 N–H and O–H groups in total. The van der Waals surface area contributed by atoms with Crippen molar-refractivity contribution in [3.63, 3.8) is 0 Å². The minimum absolute atomic E-state index is 0.00490. The molecule has 162 valence electrons. The number of carbonyl (C=O) groups excluding carboxylic acids is 1. The summed E-state index contributed by atoms with van der Waals surface area (Å²) in [5.41, 5.74) is 1.53. The van der Waals surface area contributed by atoms with Crippen LogP contribution in [0, 0.1) is 0 Å². The Bertz CT molecular complexity index is 1180. The van der Waals surface area contributed by atoms with Gasteiger partial charge >= 0.3 is 0 Å². The number of halogens is 1. The Morgan fingerprint density at radius 2 is 1.97 bits per heavy atom. The molecule has 8 heteroatoms. The average Bonchev–Trinajstić information content (AvgIpc) is 3.28. The van der Waals surface area contributed by atoms with Crippen molar-refractivity contribution >= 4 is 32.7 Å². The smallest absolute Gasteiger partial charge is 0.261 e. The summed E-state index contributed by atoms with van der Waals surface area (Å²) in [6, 6.07) is 11.2. The van der Waals surface area contributed by atoms with Crippen LogP contribution >= 0.6 is 15.9 Å². The van der Waals surface area contributed by atoms with Gasteiger partial charge in [-0.1, -0.05) is 22.0 Å². The zero-order valence-electron chi connectivity index (χ0n) is 17.5. The van der Waals surface area contributed by atoms with Crippen LogP contribution in [0.3, 0.4) is 0 Å². The van der Waals surface area contributed by atoms with Crippen LogP contribution in [0.2, 0.25) is 0 Å². The van der Waals surface area contributed by atoms with E-state index >= 15 is 0 Å². The third-order valence-corrected chi connectivity index (χ3v) is 6.21. The summed E-state index contributed by atoms with van der Waals surface area (Å²) >= 11 is 3.39. The highest BCUT2D eigenvalue weighted by molar-refractivity contribution is 9.10. The number of ether oxygens (including phenoxy) is 2. The summed E-state index contributed by atoms with van der Waals surface area (Å²) in [7, 11) is 3.21. The van der Waals surface area contributed by atoms with Crippen molar-refractivity contribution in [2.45, 2.75) is 31.8 Å². The largest absolute Gasteiger partial charge is 0.493 e. The average molecular weight is 486 g/mol. The highest BCUT2D eigenvalue weighted by Crippen LogP contribution is 2.37. The fraction of sp³-hybridized carbons (Fsp3) is 0.348. The maximum atomic E-state index is 13.0. The lowest BCUT2D eigenvalue weighted by Crippen LogP contribution is -2.32.